The van der Waals surface area contributed by atoms with Crippen molar-refractivity contribution >= 4 is 27.5 Å². The second-order valence-electron chi connectivity index (χ2n) is 10.6. The summed E-state index contributed by atoms with van der Waals surface area (Å²) in [7, 11) is -4.18. The number of anilines is 1. The molecule has 7 nitrogen and oxygen atoms in total. The lowest BCUT2D eigenvalue weighted by atomic mass is 10.0. The summed E-state index contributed by atoms with van der Waals surface area (Å²) in [5, 5.41) is 2.92. The number of halogens is 1. The van der Waals surface area contributed by atoms with Gasteiger partial charge in [-0.15, -0.1) is 0 Å². The van der Waals surface area contributed by atoms with E-state index in [0.717, 1.165) is 9.87 Å². The molecule has 0 saturated heterocycles. The minimum Gasteiger partial charge on any atom is -0.354 e. The van der Waals surface area contributed by atoms with Crippen molar-refractivity contribution in [3.63, 3.8) is 0 Å². The summed E-state index contributed by atoms with van der Waals surface area (Å²) in [5.74, 6) is -1.42. The normalized spacial score (nSPS) is 12.0. The van der Waals surface area contributed by atoms with Gasteiger partial charge in [-0.1, -0.05) is 98.8 Å². The number of sulfonamides is 1. The molecular formula is C34H36FN3O4S. The van der Waals surface area contributed by atoms with Crippen LogP contribution in [-0.4, -0.2) is 44.3 Å². The van der Waals surface area contributed by atoms with Crippen LogP contribution in [0.5, 0.6) is 0 Å². The van der Waals surface area contributed by atoms with Gasteiger partial charge in [-0.05, 0) is 41.8 Å². The molecule has 2 amide bonds. The molecule has 0 saturated carbocycles. The minimum absolute atomic E-state index is 0.0165. The molecule has 0 heterocycles. The lowest BCUT2D eigenvalue weighted by molar-refractivity contribution is -0.140. The number of benzene rings is 4. The predicted octanol–water partition coefficient (Wildman–Crippen LogP) is 5.43. The van der Waals surface area contributed by atoms with Gasteiger partial charge in [0.15, 0.2) is 0 Å². The summed E-state index contributed by atoms with van der Waals surface area (Å²) < 4.78 is 43.8. The molecule has 0 radical (unpaired) electrons. The highest BCUT2D eigenvalue weighted by atomic mass is 32.2. The Hall–Kier alpha value is -4.50. The van der Waals surface area contributed by atoms with Crippen LogP contribution < -0.4 is 9.62 Å². The van der Waals surface area contributed by atoms with Gasteiger partial charge in [0.2, 0.25) is 11.8 Å². The zero-order valence-electron chi connectivity index (χ0n) is 24.3. The molecule has 1 atom stereocenters. The van der Waals surface area contributed by atoms with E-state index in [1.165, 1.54) is 23.1 Å². The van der Waals surface area contributed by atoms with Gasteiger partial charge in [0.25, 0.3) is 10.0 Å². The van der Waals surface area contributed by atoms with Gasteiger partial charge >= 0.3 is 0 Å². The van der Waals surface area contributed by atoms with Crippen LogP contribution >= 0.6 is 0 Å². The fourth-order valence-electron chi connectivity index (χ4n) is 4.63. The van der Waals surface area contributed by atoms with E-state index in [9.17, 15) is 22.4 Å². The van der Waals surface area contributed by atoms with Crippen LogP contribution in [0.1, 0.15) is 25.0 Å². The van der Waals surface area contributed by atoms with Crippen LogP contribution in [0.4, 0.5) is 10.1 Å². The first-order valence-electron chi connectivity index (χ1n) is 14.1. The molecule has 0 fully saturated rings. The number of amides is 2. The highest BCUT2D eigenvalue weighted by molar-refractivity contribution is 7.92. The van der Waals surface area contributed by atoms with E-state index in [1.54, 1.807) is 66.7 Å². The van der Waals surface area contributed by atoms with Crippen molar-refractivity contribution in [1.29, 1.82) is 0 Å². The highest BCUT2D eigenvalue weighted by Crippen LogP contribution is 2.25. The maximum Gasteiger partial charge on any atom is 0.264 e. The van der Waals surface area contributed by atoms with Crippen molar-refractivity contribution in [1.82, 2.24) is 10.2 Å². The molecule has 1 unspecified atom stereocenters. The molecule has 0 aromatic heterocycles. The Morgan fingerprint density at radius 2 is 1.35 bits per heavy atom. The van der Waals surface area contributed by atoms with Crippen LogP contribution in [0.2, 0.25) is 0 Å². The van der Waals surface area contributed by atoms with E-state index in [2.05, 4.69) is 5.32 Å². The number of nitrogens with zero attached hydrogens (tertiary/aromatic N) is 2. The van der Waals surface area contributed by atoms with E-state index in [0.29, 0.717) is 6.54 Å². The molecule has 0 bridgehead atoms. The Bertz CT molecular complexity index is 1600. The zero-order valence-corrected chi connectivity index (χ0v) is 25.1. The monoisotopic (exact) mass is 601 g/mol. The third kappa shape index (κ3) is 8.29. The molecule has 0 aliphatic rings. The number of carbonyl (C=O) groups excluding carboxylic acids is 2. The van der Waals surface area contributed by atoms with Gasteiger partial charge in [0.05, 0.1) is 10.6 Å². The van der Waals surface area contributed by atoms with Crippen LogP contribution in [-0.2, 0) is 32.6 Å². The molecule has 1 N–H and O–H groups in total. The van der Waals surface area contributed by atoms with Gasteiger partial charge in [-0.3, -0.25) is 13.9 Å². The lowest BCUT2D eigenvalue weighted by Crippen LogP contribution is -2.53. The fourth-order valence-corrected chi connectivity index (χ4v) is 6.06. The Morgan fingerprint density at radius 1 is 0.791 bits per heavy atom. The smallest absolute Gasteiger partial charge is 0.264 e. The average Bonchev–Trinajstić information content (AvgIpc) is 3.02. The van der Waals surface area contributed by atoms with Crippen molar-refractivity contribution in [2.24, 2.45) is 5.92 Å². The number of nitrogens with one attached hydrogen (secondary N) is 1. The van der Waals surface area contributed by atoms with Crippen LogP contribution in [0.15, 0.2) is 120 Å². The SMILES string of the molecule is CC(C)CNC(=O)C(Cc1ccccc1)N(Cc1ccccc1F)C(=O)CN(c1ccccc1)S(=O)(=O)c1ccccc1. The maximum absolute atomic E-state index is 15.0. The molecule has 9 heteroatoms. The third-order valence-electron chi connectivity index (χ3n) is 6.91. The Morgan fingerprint density at radius 3 is 1.95 bits per heavy atom. The molecule has 224 valence electrons. The summed E-state index contributed by atoms with van der Waals surface area (Å²) >= 11 is 0. The fraction of sp³-hybridized carbons (Fsp3) is 0.235. The lowest BCUT2D eigenvalue weighted by Gasteiger charge is -2.34. The first-order chi connectivity index (χ1) is 20.7. The van der Waals surface area contributed by atoms with Gasteiger partial charge in [-0.25, -0.2) is 12.8 Å². The van der Waals surface area contributed by atoms with Crippen LogP contribution in [0.3, 0.4) is 0 Å². The summed E-state index contributed by atoms with van der Waals surface area (Å²) in [6, 6.07) is 30.4. The minimum atomic E-state index is -4.18. The van der Waals surface area contributed by atoms with Gasteiger partial charge < -0.3 is 10.2 Å². The zero-order chi connectivity index (χ0) is 30.8. The molecule has 4 rings (SSSR count). The summed E-state index contributed by atoms with van der Waals surface area (Å²) in [4.78, 5) is 29.3. The average molecular weight is 602 g/mol. The highest BCUT2D eigenvalue weighted by Gasteiger charge is 2.35. The molecule has 0 aliphatic carbocycles. The first-order valence-corrected chi connectivity index (χ1v) is 15.6. The van der Waals surface area contributed by atoms with E-state index in [-0.39, 0.29) is 35.0 Å². The van der Waals surface area contributed by atoms with Crippen molar-refractivity contribution in [2.75, 3.05) is 17.4 Å². The molecule has 4 aromatic carbocycles. The predicted molar refractivity (Wildman–Crippen MR) is 166 cm³/mol. The topological polar surface area (TPSA) is 86.8 Å². The number of para-hydroxylation sites is 1. The quantitative estimate of drug-likeness (QED) is 0.221. The molecule has 4 aromatic rings. The maximum atomic E-state index is 15.0. The molecular weight excluding hydrogens is 565 g/mol. The van der Waals surface area contributed by atoms with Crippen molar-refractivity contribution in [3.8, 4) is 0 Å². The van der Waals surface area contributed by atoms with Gasteiger partial charge in [0, 0.05) is 25.1 Å². The van der Waals surface area contributed by atoms with E-state index < -0.39 is 40.2 Å². The standard InChI is InChI=1S/C34H36FN3O4S/c1-26(2)23-36-34(40)32(22-27-14-6-3-7-15-27)37(24-28-16-12-13-21-31(28)35)33(39)25-38(29-17-8-4-9-18-29)43(41,42)30-19-10-5-11-20-30/h3-21,26,32H,22-25H2,1-2H3,(H,36,40). The molecule has 0 aliphatic heterocycles. The summed E-state index contributed by atoms with van der Waals surface area (Å²) in [6.45, 7) is 3.47. The Labute approximate surface area is 253 Å². The van der Waals surface area contributed by atoms with Crippen molar-refractivity contribution in [2.45, 2.75) is 37.8 Å². The van der Waals surface area contributed by atoms with Crippen molar-refractivity contribution in [3.05, 3.63) is 132 Å². The summed E-state index contributed by atoms with van der Waals surface area (Å²) in [5.41, 5.74) is 1.30. The van der Waals surface area contributed by atoms with Crippen LogP contribution in [0, 0.1) is 11.7 Å². The third-order valence-corrected chi connectivity index (χ3v) is 8.70. The summed E-state index contributed by atoms with van der Waals surface area (Å²) in [6.07, 6.45) is 0.154. The second-order valence-corrected chi connectivity index (χ2v) is 12.5. The number of carbonyl (C=O) groups is 2. The van der Waals surface area contributed by atoms with E-state index in [1.807, 2.05) is 44.2 Å². The molecule has 43 heavy (non-hydrogen) atoms. The second kappa shape index (κ2) is 14.6. The number of hydrogen-bond donors (Lipinski definition) is 1. The Kier molecular flexibility index (Phi) is 10.7. The number of hydrogen-bond acceptors (Lipinski definition) is 4. The largest absolute Gasteiger partial charge is 0.354 e. The molecule has 0 spiro atoms. The van der Waals surface area contributed by atoms with E-state index >= 15 is 0 Å². The van der Waals surface area contributed by atoms with Crippen molar-refractivity contribution < 1.29 is 22.4 Å². The first kappa shape index (κ1) is 31.4. The van der Waals surface area contributed by atoms with Crippen LogP contribution in [0.25, 0.3) is 0 Å². The van der Waals surface area contributed by atoms with Gasteiger partial charge in [-0.2, -0.15) is 0 Å². The Balaban J connectivity index is 1.78. The van der Waals surface area contributed by atoms with E-state index in [4.69, 9.17) is 0 Å². The van der Waals surface area contributed by atoms with Gasteiger partial charge in [0.1, 0.15) is 18.4 Å². The number of rotatable bonds is 13.